The Morgan fingerprint density at radius 3 is 2.62 bits per heavy atom. The predicted molar refractivity (Wildman–Crippen MR) is 72.3 cm³/mol. The number of nitrogen functional groups attached to an aromatic ring is 1. The minimum absolute atomic E-state index is 0.0537. The number of alkyl halides is 3. The topological polar surface area (TPSA) is 73.1 Å². The van der Waals surface area contributed by atoms with Gasteiger partial charge in [0.25, 0.3) is 0 Å². The summed E-state index contributed by atoms with van der Waals surface area (Å²) >= 11 is 0. The molecule has 0 radical (unpaired) electrons. The Kier molecular flexibility index (Phi) is 4.15. The van der Waals surface area contributed by atoms with E-state index >= 15 is 0 Å². The minimum Gasteiger partial charge on any atom is -0.492 e. The second kappa shape index (κ2) is 5.86. The van der Waals surface area contributed by atoms with E-state index in [1.807, 2.05) is 0 Å². The van der Waals surface area contributed by atoms with Gasteiger partial charge in [0.05, 0.1) is 12.3 Å². The highest BCUT2D eigenvalue weighted by Gasteiger charge is 2.35. The molecule has 0 unspecified atom stereocenters. The second-order valence-corrected chi connectivity index (χ2v) is 4.05. The van der Waals surface area contributed by atoms with Gasteiger partial charge in [-0.25, -0.2) is 9.97 Å². The van der Waals surface area contributed by atoms with Crippen molar-refractivity contribution in [3.8, 4) is 5.75 Å². The fourth-order valence-electron chi connectivity index (χ4n) is 1.65. The Hall–Kier alpha value is -2.51. The molecule has 112 valence electrons. The van der Waals surface area contributed by atoms with E-state index < -0.39 is 12.0 Å². The number of nitrogens with two attached hydrogens (primary N) is 1. The summed E-state index contributed by atoms with van der Waals surface area (Å²) in [5.41, 5.74) is 5.88. The second-order valence-electron chi connectivity index (χ2n) is 4.05. The third-order valence-corrected chi connectivity index (χ3v) is 2.45. The Morgan fingerprint density at radius 1 is 1.24 bits per heavy atom. The maximum Gasteiger partial charge on any atom is 0.451 e. The van der Waals surface area contributed by atoms with Crippen molar-refractivity contribution in [3.05, 3.63) is 36.2 Å². The van der Waals surface area contributed by atoms with E-state index in [0.29, 0.717) is 18.0 Å². The van der Waals surface area contributed by atoms with Crippen molar-refractivity contribution < 1.29 is 17.9 Å². The third kappa shape index (κ3) is 3.74. The summed E-state index contributed by atoms with van der Waals surface area (Å²) in [6.45, 7) is 2.24. The zero-order valence-electron chi connectivity index (χ0n) is 11.1. The zero-order valence-corrected chi connectivity index (χ0v) is 11.1. The Balaban J connectivity index is 2.34. The maximum absolute atomic E-state index is 12.7. The Morgan fingerprint density at radius 2 is 1.95 bits per heavy atom. The van der Waals surface area contributed by atoms with Gasteiger partial charge in [0.2, 0.25) is 5.82 Å². The van der Waals surface area contributed by atoms with Crippen LogP contribution in [0.2, 0.25) is 0 Å². The number of benzene rings is 1. The molecule has 0 atom stereocenters. The van der Waals surface area contributed by atoms with Gasteiger partial charge < -0.3 is 15.8 Å². The van der Waals surface area contributed by atoms with Crippen LogP contribution in [0.15, 0.2) is 30.3 Å². The smallest absolute Gasteiger partial charge is 0.451 e. The molecule has 3 N–H and O–H groups in total. The van der Waals surface area contributed by atoms with Crippen LogP contribution in [0, 0.1) is 0 Å². The third-order valence-electron chi connectivity index (χ3n) is 2.45. The van der Waals surface area contributed by atoms with Gasteiger partial charge in [0.1, 0.15) is 17.4 Å². The Bertz CT molecular complexity index is 631. The highest BCUT2D eigenvalue weighted by atomic mass is 19.4. The van der Waals surface area contributed by atoms with Crippen LogP contribution in [0.4, 0.5) is 30.5 Å². The van der Waals surface area contributed by atoms with E-state index in [0.717, 1.165) is 0 Å². The number of nitrogens with one attached hydrogen (secondary N) is 1. The normalized spacial score (nSPS) is 11.2. The molecular formula is C13H13F3N4O. The highest BCUT2D eigenvalue weighted by molar-refractivity contribution is 5.65. The summed E-state index contributed by atoms with van der Waals surface area (Å²) in [6.07, 6.45) is -4.66. The van der Waals surface area contributed by atoms with Crippen molar-refractivity contribution in [2.75, 3.05) is 17.7 Å². The van der Waals surface area contributed by atoms with Gasteiger partial charge in [-0.1, -0.05) is 12.1 Å². The number of aromatic nitrogens is 2. The van der Waals surface area contributed by atoms with Crippen molar-refractivity contribution >= 4 is 17.3 Å². The molecule has 0 aliphatic heterocycles. The fraction of sp³-hybridized carbons (Fsp3) is 0.231. The van der Waals surface area contributed by atoms with Gasteiger partial charge in [-0.3, -0.25) is 0 Å². The SMILES string of the molecule is CCOc1ccccc1Nc1cc(N)nc(C(F)(F)F)n1. The molecular weight excluding hydrogens is 285 g/mol. The lowest BCUT2D eigenvalue weighted by molar-refractivity contribution is -0.144. The van der Waals surface area contributed by atoms with Gasteiger partial charge in [-0.05, 0) is 19.1 Å². The average molecular weight is 298 g/mol. The molecule has 0 fully saturated rings. The van der Waals surface area contributed by atoms with Crippen LogP contribution >= 0.6 is 0 Å². The fourth-order valence-corrected chi connectivity index (χ4v) is 1.65. The van der Waals surface area contributed by atoms with E-state index in [4.69, 9.17) is 10.5 Å². The number of ether oxygens (including phenoxy) is 1. The van der Waals surface area contributed by atoms with Crippen molar-refractivity contribution in [1.29, 1.82) is 0 Å². The van der Waals surface area contributed by atoms with Gasteiger partial charge in [0.15, 0.2) is 0 Å². The summed E-state index contributed by atoms with van der Waals surface area (Å²) in [5.74, 6) is -1.11. The summed E-state index contributed by atoms with van der Waals surface area (Å²) in [4.78, 5) is 6.59. The summed E-state index contributed by atoms with van der Waals surface area (Å²) in [5, 5.41) is 2.75. The molecule has 0 saturated carbocycles. The summed E-state index contributed by atoms with van der Waals surface area (Å²) in [7, 11) is 0. The first-order chi connectivity index (χ1) is 9.90. The standard InChI is InChI=1S/C13H13F3N4O/c1-2-21-9-6-4-3-5-8(9)18-11-7-10(17)19-12(20-11)13(14,15)16/h3-7H,2H2,1H3,(H3,17,18,19,20). The predicted octanol–water partition coefficient (Wildman–Crippen LogP) is 3.22. The summed E-state index contributed by atoms with van der Waals surface area (Å²) < 4.78 is 43.3. The molecule has 5 nitrogen and oxygen atoms in total. The number of anilines is 3. The first-order valence-corrected chi connectivity index (χ1v) is 6.10. The van der Waals surface area contributed by atoms with Crippen molar-refractivity contribution in [2.24, 2.45) is 0 Å². The first-order valence-electron chi connectivity index (χ1n) is 6.10. The van der Waals surface area contributed by atoms with E-state index in [2.05, 4.69) is 15.3 Å². The monoisotopic (exact) mass is 298 g/mol. The van der Waals surface area contributed by atoms with Crippen molar-refractivity contribution in [1.82, 2.24) is 9.97 Å². The zero-order chi connectivity index (χ0) is 15.5. The number of rotatable bonds is 4. The molecule has 1 heterocycles. The van der Waals surface area contributed by atoms with Gasteiger partial charge >= 0.3 is 6.18 Å². The molecule has 1 aromatic heterocycles. The lowest BCUT2D eigenvalue weighted by atomic mass is 10.3. The molecule has 2 rings (SSSR count). The van der Waals surface area contributed by atoms with E-state index in [9.17, 15) is 13.2 Å². The number of nitrogens with zero attached hydrogens (tertiary/aromatic N) is 2. The summed E-state index contributed by atoms with van der Waals surface area (Å²) in [6, 6.07) is 8.06. The van der Waals surface area contributed by atoms with Crippen LogP contribution in [-0.4, -0.2) is 16.6 Å². The minimum atomic E-state index is -4.66. The molecule has 0 saturated heterocycles. The number of halogens is 3. The lowest BCUT2D eigenvalue weighted by Gasteiger charge is -2.13. The van der Waals surface area contributed by atoms with E-state index in [1.54, 1.807) is 31.2 Å². The van der Waals surface area contributed by atoms with Crippen LogP contribution in [-0.2, 0) is 6.18 Å². The van der Waals surface area contributed by atoms with Gasteiger partial charge in [-0.2, -0.15) is 13.2 Å². The van der Waals surface area contributed by atoms with Crippen molar-refractivity contribution in [2.45, 2.75) is 13.1 Å². The van der Waals surface area contributed by atoms with Crippen LogP contribution in [0.3, 0.4) is 0 Å². The highest BCUT2D eigenvalue weighted by Crippen LogP contribution is 2.30. The van der Waals surface area contributed by atoms with Crippen molar-refractivity contribution in [3.63, 3.8) is 0 Å². The quantitative estimate of drug-likeness (QED) is 0.906. The van der Waals surface area contributed by atoms with Crippen LogP contribution in [0.5, 0.6) is 5.75 Å². The number of hydrogen-bond donors (Lipinski definition) is 2. The first kappa shape index (κ1) is 14.9. The van der Waals surface area contributed by atoms with E-state index in [-0.39, 0.29) is 11.6 Å². The molecule has 8 heteroatoms. The number of hydrogen-bond acceptors (Lipinski definition) is 5. The largest absolute Gasteiger partial charge is 0.492 e. The van der Waals surface area contributed by atoms with E-state index in [1.165, 1.54) is 6.07 Å². The molecule has 2 aromatic rings. The van der Waals surface area contributed by atoms with Crippen LogP contribution in [0.1, 0.15) is 12.7 Å². The lowest BCUT2D eigenvalue weighted by Crippen LogP contribution is -2.13. The molecule has 0 aliphatic carbocycles. The maximum atomic E-state index is 12.7. The van der Waals surface area contributed by atoms with Crippen LogP contribution < -0.4 is 15.8 Å². The van der Waals surface area contributed by atoms with Crippen LogP contribution in [0.25, 0.3) is 0 Å². The number of para-hydroxylation sites is 2. The molecule has 0 bridgehead atoms. The average Bonchev–Trinajstić information content (AvgIpc) is 2.40. The molecule has 1 aromatic carbocycles. The molecule has 0 amide bonds. The van der Waals surface area contributed by atoms with Gasteiger partial charge in [-0.15, -0.1) is 0 Å². The Labute approximate surface area is 119 Å². The molecule has 0 aliphatic rings. The molecule has 0 spiro atoms. The van der Waals surface area contributed by atoms with Gasteiger partial charge in [0, 0.05) is 6.07 Å². The molecule has 21 heavy (non-hydrogen) atoms.